The largest absolute Gasteiger partial charge is 0.416 e. The van der Waals surface area contributed by atoms with Gasteiger partial charge >= 0.3 is 12.4 Å². The number of benzene rings is 8. The maximum absolute atomic E-state index is 13.2. The molecule has 2 unspecified atom stereocenters. The number of fused-ring (bicyclic) bond motifs is 2. The zero-order valence-corrected chi connectivity index (χ0v) is 47.3. The predicted molar refractivity (Wildman–Crippen MR) is 317 cm³/mol. The van der Waals surface area contributed by atoms with Crippen LogP contribution >= 0.6 is 23.2 Å². The third-order valence-corrected chi connectivity index (χ3v) is 17.0. The van der Waals surface area contributed by atoms with Gasteiger partial charge in [-0.25, -0.2) is 9.97 Å². The Hall–Kier alpha value is -7.74. The van der Waals surface area contributed by atoms with Gasteiger partial charge < -0.3 is 18.6 Å². The van der Waals surface area contributed by atoms with Crippen molar-refractivity contribution in [3.8, 4) is 0 Å². The first-order valence-corrected chi connectivity index (χ1v) is 28.8. The molecule has 0 saturated heterocycles. The smallest absolute Gasteiger partial charge is 0.376 e. The maximum Gasteiger partial charge on any atom is 0.416 e. The lowest BCUT2D eigenvalue weighted by atomic mass is 9.76. The van der Waals surface area contributed by atoms with Crippen LogP contribution in [0.2, 0.25) is 10.0 Å². The van der Waals surface area contributed by atoms with E-state index in [2.05, 4.69) is 155 Å². The van der Waals surface area contributed by atoms with Gasteiger partial charge in [-0.3, -0.25) is 0 Å². The fourth-order valence-corrected chi connectivity index (χ4v) is 12.6. The van der Waals surface area contributed by atoms with Crippen molar-refractivity contribution in [1.29, 1.82) is 0 Å². The highest BCUT2D eigenvalue weighted by Gasteiger charge is 2.43. The standard InChI is InChI=1S/2C35H30ClF3N2O/c36-31-18-17-30(35(37,38)39)21-26(31)23-42-22-25-16-19-33-32(20-25)40-24-41(33)34(27-10-4-1-5-11-27,28-12-6-2-7-13-28)29-14-8-3-9-15-29;36-31-18-17-30(35(37,38)39)21-26(31)23-42-22-25-16-19-32-33(20-25)41(24-40-32)34(27-10-4-1-5-11-27,28-12-6-2-7-13-28)29-14-8-3-9-15-29/h2*1-15,17-18,21,24-25H,16,19-20,22-23H2. The van der Waals surface area contributed by atoms with E-state index >= 15 is 0 Å². The molecule has 8 aromatic carbocycles. The van der Waals surface area contributed by atoms with Crippen molar-refractivity contribution < 1.29 is 35.8 Å². The van der Waals surface area contributed by atoms with E-state index in [1.165, 1.54) is 17.8 Å². The van der Waals surface area contributed by atoms with E-state index < -0.39 is 34.6 Å². The molecule has 6 nitrogen and oxygen atoms in total. The maximum atomic E-state index is 13.2. The van der Waals surface area contributed by atoms with E-state index in [-0.39, 0.29) is 35.1 Å². The normalized spacial score (nSPS) is 15.4. The lowest BCUT2D eigenvalue weighted by Gasteiger charge is -2.39. The van der Waals surface area contributed by atoms with E-state index in [0.717, 1.165) is 113 Å². The first-order valence-electron chi connectivity index (χ1n) is 28.1. The minimum Gasteiger partial charge on any atom is -0.376 e. The summed E-state index contributed by atoms with van der Waals surface area (Å²) in [6.07, 6.45) is -0.0951. The van der Waals surface area contributed by atoms with Gasteiger partial charge in [-0.05, 0) is 131 Å². The van der Waals surface area contributed by atoms with E-state index in [9.17, 15) is 26.3 Å². The summed E-state index contributed by atoms with van der Waals surface area (Å²) in [5.74, 6) is 0.377. The summed E-state index contributed by atoms with van der Waals surface area (Å²) < 4.78 is 95.8. The van der Waals surface area contributed by atoms with Crippen molar-refractivity contribution in [2.75, 3.05) is 13.2 Å². The molecule has 0 N–H and O–H groups in total. The van der Waals surface area contributed by atoms with Crippen LogP contribution in [-0.2, 0) is 71.8 Å². The molecule has 2 aliphatic carbocycles. The van der Waals surface area contributed by atoms with Gasteiger partial charge in [0.1, 0.15) is 11.1 Å². The molecule has 84 heavy (non-hydrogen) atoms. The number of halogens is 8. The van der Waals surface area contributed by atoms with Crippen LogP contribution in [0.4, 0.5) is 26.3 Å². The van der Waals surface area contributed by atoms with E-state index in [0.29, 0.717) is 24.3 Å². The Balaban J connectivity index is 0.000000175. The minimum atomic E-state index is -4.43. The van der Waals surface area contributed by atoms with Crippen LogP contribution in [0, 0.1) is 11.8 Å². The molecule has 2 atom stereocenters. The molecule has 0 saturated carbocycles. The van der Waals surface area contributed by atoms with Crippen molar-refractivity contribution >= 4 is 23.2 Å². The van der Waals surface area contributed by atoms with Crippen molar-refractivity contribution in [2.24, 2.45) is 11.8 Å². The summed E-state index contributed by atoms with van der Waals surface area (Å²) in [5.41, 5.74) is 9.18. The topological polar surface area (TPSA) is 54.1 Å². The second-order valence-electron chi connectivity index (χ2n) is 21.5. The van der Waals surface area contributed by atoms with Crippen molar-refractivity contribution in [3.63, 3.8) is 0 Å². The summed E-state index contributed by atoms with van der Waals surface area (Å²) in [6.45, 7) is 0.874. The van der Waals surface area contributed by atoms with Crippen LogP contribution in [0.5, 0.6) is 0 Å². The molecule has 12 rings (SSSR count). The van der Waals surface area contributed by atoms with E-state index in [4.69, 9.17) is 42.6 Å². The SMILES string of the molecule is FC(F)(F)c1ccc(Cl)c(COCC2CCc3c(ncn3C(c3ccccc3)(c3ccccc3)c3ccccc3)C2)c1.FC(F)(F)c1ccc(Cl)c(COCC2CCc3ncn(C(c4ccccc4)(c4ccccc4)c4ccccc4)c3C2)c1. The zero-order valence-electron chi connectivity index (χ0n) is 45.8. The molecule has 0 amide bonds. The number of imidazole rings is 2. The van der Waals surface area contributed by atoms with Gasteiger partial charge in [0.2, 0.25) is 0 Å². The molecule has 0 radical (unpaired) electrons. The van der Waals surface area contributed by atoms with Crippen LogP contribution in [0.1, 0.15) is 91.3 Å². The van der Waals surface area contributed by atoms with Gasteiger partial charge in [-0.1, -0.05) is 205 Å². The number of aromatic nitrogens is 4. The zero-order chi connectivity index (χ0) is 58.3. The Morgan fingerprint density at radius 2 is 0.726 bits per heavy atom. The van der Waals surface area contributed by atoms with Gasteiger partial charge in [0.05, 0.1) is 61.6 Å². The Labute approximate surface area is 495 Å². The van der Waals surface area contributed by atoms with Crippen molar-refractivity contribution in [1.82, 2.24) is 19.1 Å². The summed E-state index contributed by atoms with van der Waals surface area (Å²) in [6, 6.07) is 69.7. The summed E-state index contributed by atoms with van der Waals surface area (Å²) in [5, 5.41) is 0.539. The van der Waals surface area contributed by atoms with Crippen LogP contribution in [0.3, 0.4) is 0 Å². The van der Waals surface area contributed by atoms with Gasteiger partial charge in [-0.2, -0.15) is 26.3 Å². The number of nitrogens with zero attached hydrogens (tertiary/aromatic N) is 4. The van der Waals surface area contributed by atoms with Crippen LogP contribution in [0.15, 0.2) is 231 Å². The number of ether oxygens (including phenoxy) is 2. The average molecular weight is 1170 g/mol. The lowest BCUT2D eigenvalue weighted by molar-refractivity contribution is -0.138. The second kappa shape index (κ2) is 25.2. The molecule has 2 heterocycles. The number of aryl methyl sites for hydroxylation is 1. The molecule has 10 aromatic rings. The third kappa shape index (κ3) is 12.0. The number of rotatable bonds is 16. The Bertz CT molecular complexity index is 3580. The molecule has 2 aromatic heterocycles. The molecule has 2 aliphatic rings. The molecule has 14 heteroatoms. The Kier molecular flexibility index (Phi) is 17.4. The molecule has 428 valence electrons. The van der Waals surface area contributed by atoms with Gasteiger partial charge in [0.25, 0.3) is 0 Å². The first kappa shape index (κ1) is 58.1. The van der Waals surface area contributed by atoms with Gasteiger partial charge in [0, 0.05) is 21.4 Å². The highest BCUT2D eigenvalue weighted by molar-refractivity contribution is 6.31. The molecule has 0 fully saturated rings. The molecular weight excluding hydrogens is 1110 g/mol. The minimum absolute atomic E-state index is 0.0212. The Morgan fingerprint density at radius 1 is 0.393 bits per heavy atom. The van der Waals surface area contributed by atoms with Gasteiger partial charge in [0.15, 0.2) is 0 Å². The molecular formula is C70H60Cl2F6N4O2. The quantitative estimate of drug-likeness (QED) is 0.0715. The highest BCUT2D eigenvalue weighted by Crippen LogP contribution is 2.46. The van der Waals surface area contributed by atoms with Gasteiger partial charge in [-0.15, -0.1) is 0 Å². The summed E-state index contributed by atoms with van der Waals surface area (Å²) >= 11 is 12.4. The summed E-state index contributed by atoms with van der Waals surface area (Å²) in [4.78, 5) is 9.83. The number of hydrogen-bond acceptors (Lipinski definition) is 4. The average Bonchev–Trinajstić information content (AvgIpc) is 2.51. The fourth-order valence-electron chi connectivity index (χ4n) is 12.3. The molecule has 0 spiro atoms. The molecule has 0 aliphatic heterocycles. The van der Waals surface area contributed by atoms with Crippen LogP contribution in [-0.4, -0.2) is 32.3 Å². The highest BCUT2D eigenvalue weighted by atomic mass is 35.5. The monoisotopic (exact) mass is 1170 g/mol. The first-order chi connectivity index (χ1) is 40.7. The van der Waals surface area contributed by atoms with Crippen LogP contribution in [0.25, 0.3) is 0 Å². The molecule has 0 bridgehead atoms. The lowest BCUT2D eigenvalue weighted by Crippen LogP contribution is -2.39. The van der Waals surface area contributed by atoms with Crippen molar-refractivity contribution in [2.45, 2.75) is 75.2 Å². The van der Waals surface area contributed by atoms with Crippen molar-refractivity contribution in [3.05, 3.63) is 319 Å². The van der Waals surface area contributed by atoms with E-state index in [1.807, 2.05) is 49.1 Å². The number of hydrogen-bond donors (Lipinski definition) is 0. The van der Waals surface area contributed by atoms with E-state index in [1.54, 1.807) is 0 Å². The predicted octanol–water partition coefficient (Wildman–Crippen LogP) is 17.4. The fraction of sp³-hybridized carbons (Fsp3) is 0.229. The number of alkyl halides is 6. The Morgan fingerprint density at radius 3 is 1.10 bits per heavy atom. The summed E-state index contributed by atoms with van der Waals surface area (Å²) in [7, 11) is 0. The second-order valence-corrected chi connectivity index (χ2v) is 22.3. The third-order valence-electron chi connectivity index (χ3n) is 16.3. The van der Waals surface area contributed by atoms with Crippen LogP contribution < -0.4 is 0 Å².